The molecule has 5 nitrogen and oxygen atoms in total. The van der Waals surface area contributed by atoms with Crippen molar-refractivity contribution in [3.05, 3.63) is 39.9 Å². The number of nitrogens with two attached hydrogens (primary N) is 1. The zero-order valence-electron chi connectivity index (χ0n) is 11.3. The molecular weight excluding hydrogens is 278 g/mol. The summed E-state index contributed by atoms with van der Waals surface area (Å²) in [5.74, 6) is 1.35. The van der Waals surface area contributed by atoms with Gasteiger partial charge in [-0.05, 0) is 30.2 Å². The van der Waals surface area contributed by atoms with Crippen LogP contribution in [-0.2, 0) is 6.54 Å². The Bertz CT molecular complexity index is 497. The molecule has 1 aliphatic heterocycles. The predicted molar refractivity (Wildman–Crippen MR) is 79.8 cm³/mol. The van der Waals surface area contributed by atoms with Crippen LogP contribution in [0.4, 0.5) is 5.69 Å². The van der Waals surface area contributed by atoms with Crippen molar-refractivity contribution in [2.24, 2.45) is 17.6 Å². The number of benzene rings is 1. The smallest absolute Gasteiger partial charge is 0.269 e. The number of non-ortho nitro benzene ring substituents is 1. The Balaban J connectivity index is 0.00000147. The van der Waals surface area contributed by atoms with Crippen molar-refractivity contribution in [2.75, 3.05) is 13.1 Å². The van der Waals surface area contributed by atoms with Gasteiger partial charge in [-0.2, -0.15) is 0 Å². The van der Waals surface area contributed by atoms with Gasteiger partial charge in [0.05, 0.1) is 4.92 Å². The van der Waals surface area contributed by atoms with Crippen molar-refractivity contribution in [1.82, 2.24) is 4.90 Å². The zero-order valence-corrected chi connectivity index (χ0v) is 12.1. The van der Waals surface area contributed by atoms with Gasteiger partial charge in [-0.1, -0.05) is 12.1 Å². The van der Waals surface area contributed by atoms with Crippen LogP contribution in [0.3, 0.4) is 0 Å². The molecule has 3 unspecified atom stereocenters. The SMILES string of the molecule is Cl.NC1CCC2CN(Cc3cccc([N+](=O)[O-])c3)CC12. The lowest BCUT2D eigenvalue weighted by Crippen LogP contribution is -2.30. The molecular formula is C14H20ClN3O2. The van der Waals surface area contributed by atoms with Crippen molar-refractivity contribution in [3.8, 4) is 0 Å². The van der Waals surface area contributed by atoms with Gasteiger partial charge in [0, 0.05) is 37.8 Å². The van der Waals surface area contributed by atoms with Gasteiger partial charge in [0.25, 0.3) is 5.69 Å². The van der Waals surface area contributed by atoms with Crippen molar-refractivity contribution < 1.29 is 4.92 Å². The van der Waals surface area contributed by atoms with E-state index in [1.165, 1.54) is 12.5 Å². The number of nitro benzene ring substituents is 1. The molecule has 6 heteroatoms. The summed E-state index contributed by atoms with van der Waals surface area (Å²) in [6.45, 7) is 2.91. The Morgan fingerprint density at radius 3 is 2.85 bits per heavy atom. The zero-order chi connectivity index (χ0) is 13.4. The summed E-state index contributed by atoms with van der Waals surface area (Å²) in [6, 6.07) is 7.28. The monoisotopic (exact) mass is 297 g/mol. The number of nitro groups is 1. The molecule has 2 fully saturated rings. The van der Waals surface area contributed by atoms with Crippen LogP contribution in [0.1, 0.15) is 18.4 Å². The van der Waals surface area contributed by atoms with Gasteiger partial charge < -0.3 is 5.73 Å². The molecule has 1 heterocycles. The molecule has 20 heavy (non-hydrogen) atoms. The highest BCUT2D eigenvalue weighted by Gasteiger charge is 2.40. The Hall–Kier alpha value is -1.17. The lowest BCUT2D eigenvalue weighted by Gasteiger charge is -2.18. The third kappa shape index (κ3) is 2.95. The molecule has 1 aromatic rings. The second kappa shape index (κ2) is 6.08. The van der Waals surface area contributed by atoms with E-state index in [0.29, 0.717) is 12.0 Å². The third-order valence-corrected chi connectivity index (χ3v) is 4.52. The van der Waals surface area contributed by atoms with Crippen LogP contribution >= 0.6 is 12.4 Å². The topological polar surface area (TPSA) is 72.4 Å². The molecule has 0 spiro atoms. The quantitative estimate of drug-likeness (QED) is 0.685. The van der Waals surface area contributed by atoms with Gasteiger partial charge in [0.1, 0.15) is 0 Å². The molecule has 3 atom stereocenters. The molecule has 1 aliphatic carbocycles. The Labute approximate surface area is 124 Å². The van der Waals surface area contributed by atoms with Gasteiger partial charge in [-0.3, -0.25) is 15.0 Å². The highest BCUT2D eigenvalue weighted by molar-refractivity contribution is 5.85. The fourth-order valence-electron chi connectivity index (χ4n) is 3.56. The largest absolute Gasteiger partial charge is 0.327 e. The number of fused-ring (bicyclic) bond motifs is 1. The van der Waals surface area contributed by atoms with E-state index in [4.69, 9.17) is 5.73 Å². The van der Waals surface area contributed by atoms with Crippen LogP contribution < -0.4 is 5.73 Å². The van der Waals surface area contributed by atoms with Crippen LogP contribution in [-0.4, -0.2) is 29.0 Å². The van der Waals surface area contributed by atoms with Gasteiger partial charge in [-0.25, -0.2) is 0 Å². The molecule has 1 aromatic carbocycles. The summed E-state index contributed by atoms with van der Waals surface area (Å²) in [5, 5.41) is 10.8. The first-order valence-corrected chi connectivity index (χ1v) is 6.85. The van der Waals surface area contributed by atoms with E-state index in [0.717, 1.165) is 37.5 Å². The van der Waals surface area contributed by atoms with Crippen LogP contribution in [0.15, 0.2) is 24.3 Å². The highest BCUT2D eigenvalue weighted by atomic mass is 35.5. The molecule has 2 N–H and O–H groups in total. The summed E-state index contributed by atoms with van der Waals surface area (Å²) >= 11 is 0. The van der Waals surface area contributed by atoms with Gasteiger partial charge in [0.15, 0.2) is 0 Å². The first-order valence-electron chi connectivity index (χ1n) is 6.85. The predicted octanol–water partition coefficient (Wildman–Crippen LogP) is 2.19. The van der Waals surface area contributed by atoms with Gasteiger partial charge in [0.2, 0.25) is 0 Å². The summed E-state index contributed by atoms with van der Waals surface area (Å²) in [4.78, 5) is 12.8. The fraction of sp³-hybridized carbons (Fsp3) is 0.571. The second-order valence-electron chi connectivity index (χ2n) is 5.79. The van der Waals surface area contributed by atoms with E-state index in [-0.39, 0.29) is 23.0 Å². The first kappa shape index (κ1) is 15.2. The lowest BCUT2D eigenvalue weighted by molar-refractivity contribution is -0.384. The maximum atomic E-state index is 10.8. The first-order chi connectivity index (χ1) is 9.13. The highest BCUT2D eigenvalue weighted by Crippen LogP contribution is 2.37. The summed E-state index contributed by atoms with van der Waals surface area (Å²) < 4.78 is 0. The van der Waals surface area contributed by atoms with E-state index in [9.17, 15) is 10.1 Å². The van der Waals surface area contributed by atoms with Crippen molar-refractivity contribution in [1.29, 1.82) is 0 Å². The van der Waals surface area contributed by atoms with E-state index in [2.05, 4.69) is 4.90 Å². The second-order valence-corrected chi connectivity index (χ2v) is 5.79. The Kier molecular flexibility index (Phi) is 4.62. The molecule has 1 saturated heterocycles. The average Bonchev–Trinajstić information content (AvgIpc) is 2.92. The van der Waals surface area contributed by atoms with Crippen LogP contribution in [0.5, 0.6) is 0 Å². The Morgan fingerprint density at radius 1 is 1.35 bits per heavy atom. The summed E-state index contributed by atoms with van der Waals surface area (Å²) in [7, 11) is 0. The molecule has 0 amide bonds. The molecule has 0 aromatic heterocycles. The Morgan fingerprint density at radius 2 is 2.15 bits per heavy atom. The third-order valence-electron chi connectivity index (χ3n) is 4.52. The average molecular weight is 298 g/mol. The number of likely N-dealkylation sites (tertiary alicyclic amines) is 1. The standard InChI is InChI=1S/C14H19N3O2.ClH/c15-14-5-4-11-8-16(9-13(11)14)7-10-2-1-3-12(6-10)17(18)19;/h1-3,6,11,13-14H,4-5,7-9,15H2;1H. The fourth-order valence-corrected chi connectivity index (χ4v) is 3.56. The van der Waals surface area contributed by atoms with Crippen molar-refractivity contribution in [3.63, 3.8) is 0 Å². The van der Waals surface area contributed by atoms with Gasteiger partial charge >= 0.3 is 0 Å². The van der Waals surface area contributed by atoms with E-state index in [1.54, 1.807) is 12.1 Å². The minimum absolute atomic E-state index is 0. The summed E-state index contributed by atoms with van der Waals surface area (Å²) in [6.07, 6.45) is 2.39. The van der Waals surface area contributed by atoms with Crippen molar-refractivity contribution in [2.45, 2.75) is 25.4 Å². The van der Waals surface area contributed by atoms with Gasteiger partial charge in [-0.15, -0.1) is 12.4 Å². The minimum Gasteiger partial charge on any atom is -0.327 e. The number of halogens is 1. The molecule has 2 aliphatic rings. The number of rotatable bonds is 3. The molecule has 1 saturated carbocycles. The van der Waals surface area contributed by atoms with E-state index >= 15 is 0 Å². The maximum Gasteiger partial charge on any atom is 0.269 e. The maximum absolute atomic E-state index is 10.8. The lowest BCUT2D eigenvalue weighted by atomic mass is 9.98. The summed E-state index contributed by atoms with van der Waals surface area (Å²) in [5.41, 5.74) is 7.31. The van der Waals surface area contributed by atoms with E-state index in [1.807, 2.05) is 6.07 Å². The minimum atomic E-state index is -0.335. The molecule has 0 radical (unpaired) electrons. The van der Waals surface area contributed by atoms with Crippen LogP contribution in [0.2, 0.25) is 0 Å². The van der Waals surface area contributed by atoms with E-state index < -0.39 is 0 Å². The van der Waals surface area contributed by atoms with Crippen molar-refractivity contribution >= 4 is 18.1 Å². The number of hydrogen-bond donors (Lipinski definition) is 1. The number of nitrogens with zero attached hydrogens (tertiary/aromatic N) is 2. The molecule has 110 valence electrons. The molecule has 0 bridgehead atoms. The molecule has 3 rings (SSSR count). The number of hydrogen-bond acceptors (Lipinski definition) is 4. The van der Waals surface area contributed by atoms with Crippen LogP contribution in [0, 0.1) is 22.0 Å². The van der Waals surface area contributed by atoms with Crippen LogP contribution in [0.25, 0.3) is 0 Å². The normalized spacial score (nSPS) is 28.9.